The number of fused-ring (bicyclic) bond motifs is 1. The van der Waals surface area contributed by atoms with E-state index in [4.69, 9.17) is 9.47 Å². The van der Waals surface area contributed by atoms with E-state index in [9.17, 15) is 21.6 Å². The second-order valence-corrected chi connectivity index (χ2v) is 6.55. The van der Waals surface area contributed by atoms with Crippen molar-refractivity contribution in [3.05, 3.63) is 23.3 Å². The molecule has 0 radical (unpaired) electrons. The fraction of sp³-hybridized carbons (Fsp3) is 0.500. The molecule has 0 saturated carbocycles. The summed E-state index contributed by atoms with van der Waals surface area (Å²) in [6.45, 7) is 4.72. The Morgan fingerprint density at radius 3 is 2.48 bits per heavy atom. The lowest BCUT2D eigenvalue weighted by Gasteiger charge is -2.33. The van der Waals surface area contributed by atoms with E-state index in [1.165, 1.54) is 6.07 Å². The van der Waals surface area contributed by atoms with Crippen molar-refractivity contribution in [2.24, 2.45) is 0 Å². The summed E-state index contributed by atoms with van der Waals surface area (Å²) in [6, 6.07) is 2.76. The average Bonchev–Trinajstić information content (AvgIpc) is 2.24. The number of hydrogen-bond donors (Lipinski definition) is 0. The summed E-state index contributed by atoms with van der Waals surface area (Å²) < 4.78 is 74.4. The third kappa shape index (κ3) is 3.24. The average molecular weight is 326 g/mol. The van der Waals surface area contributed by atoms with E-state index in [0.29, 0.717) is 5.56 Å². The molecule has 9 heteroatoms. The Labute approximate surface area is 119 Å². The van der Waals surface area contributed by atoms with Gasteiger partial charge in [-0.2, -0.15) is 21.6 Å². The summed E-state index contributed by atoms with van der Waals surface area (Å²) in [6.07, 6.45) is 0. The number of halogens is 3. The summed E-state index contributed by atoms with van der Waals surface area (Å²) >= 11 is 0. The van der Waals surface area contributed by atoms with E-state index in [2.05, 4.69) is 4.18 Å². The smallest absolute Gasteiger partial charge is 0.462 e. The molecular formula is C12H13F3O5S. The lowest BCUT2D eigenvalue weighted by Crippen LogP contribution is -2.36. The zero-order valence-electron chi connectivity index (χ0n) is 11.4. The van der Waals surface area contributed by atoms with Crippen molar-refractivity contribution in [1.82, 2.24) is 0 Å². The molecule has 2 rings (SSSR count). The van der Waals surface area contributed by atoms with Crippen LogP contribution in [0, 0.1) is 6.92 Å². The number of alkyl halides is 3. The maximum Gasteiger partial charge on any atom is 0.534 e. The van der Waals surface area contributed by atoms with E-state index in [-0.39, 0.29) is 17.9 Å². The first kappa shape index (κ1) is 15.9. The molecule has 0 aliphatic carbocycles. The molecule has 0 unspecified atom stereocenters. The third-order valence-corrected chi connectivity index (χ3v) is 3.68. The van der Waals surface area contributed by atoms with Gasteiger partial charge in [-0.3, -0.25) is 0 Å². The van der Waals surface area contributed by atoms with Crippen molar-refractivity contribution in [1.29, 1.82) is 0 Å². The van der Waals surface area contributed by atoms with Gasteiger partial charge in [0.05, 0.1) is 12.2 Å². The molecule has 1 heterocycles. The number of hydrogen-bond acceptors (Lipinski definition) is 5. The van der Waals surface area contributed by atoms with Gasteiger partial charge in [-0.25, -0.2) is 0 Å². The van der Waals surface area contributed by atoms with Gasteiger partial charge in [-0.1, -0.05) is 0 Å². The van der Waals surface area contributed by atoms with Crippen LogP contribution in [-0.4, -0.2) is 19.7 Å². The van der Waals surface area contributed by atoms with E-state index in [1.54, 1.807) is 26.8 Å². The SMILES string of the molecule is Cc1cc2c(c(OS(=O)(=O)C(F)(F)F)c1)COC(C)(C)O2. The molecule has 1 aliphatic rings. The summed E-state index contributed by atoms with van der Waals surface area (Å²) in [5.41, 5.74) is -4.88. The van der Waals surface area contributed by atoms with Crippen LogP contribution in [0.15, 0.2) is 12.1 Å². The topological polar surface area (TPSA) is 61.8 Å². The minimum absolute atomic E-state index is 0.118. The molecule has 0 aromatic heterocycles. The van der Waals surface area contributed by atoms with Crippen molar-refractivity contribution in [3.8, 4) is 11.5 Å². The number of aryl methyl sites for hydroxylation is 1. The first-order valence-electron chi connectivity index (χ1n) is 5.88. The van der Waals surface area contributed by atoms with Crippen LogP contribution < -0.4 is 8.92 Å². The molecule has 5 nitrogen and oxygen atoms in total. The molecular weight excluding hydrogens is 313 g/mol. The Hall–Kier alpha value is -1.48. The largest absolute Gasteiger partial charge is 0.534 e. The highest BCUT2D eigenvalue weighted by atomic mass is 32.2. The Morgan fingerprint density at radius 2 is 1.90 bits per heavy atom. The summed E-state index contributed by atoms with van der Waals surface area (Å²) in [5.74, 6) is -1.17. The van der Waals surface area contributed by atoms with Crippen LogP contribution in [0.2, 0.25) is 0 Å². The summed E-state index contributed by atoms with van der Waals surface area (Å²) in [5, 5.41) is 0. The fourth-order valence-corrected chi connectivity index (χ4v) is 2.24. The molecule has 0 saturated heterocycles. The van der Waals surface area contributed by atoms with Gasteiger partial charge in [0.15, 0.2) is 5.75 Å². The van der Waals surface area contributed by atoms with Crippen molar-refractivity contribution in [2.45, 2.75) is 38.7 Å². The van der Waals surface area contributed by atoms with Crippen LogP contribution in [0.25, 0.3) is 0 Å². The first-order valence-corrected chi connectivity index (χ1v) is 7.29. The van der Waals surface area contributed by atoms with Gasteiger partial charge in [0.25, 0.3) is 0 Å². The minimum atomic E-state index is -5.74. The van der Waals surface area contributed by atoms with Crippen molar-refractivity contribution in [2.75, 3.05) is 0 Å². The fourth-order valence-electron chi connectivity index (χ4n) is 1.76. The molecule has 1 aromatic rings. The monoisotopic (exact) mass is 326 g/mol. The molecule has 0 spiro atoms. The van der Waals surface area contributed by atoms with Crippen LogP contribution >= 0.6 is 0 Å². The molecule has 1 aromatic carbocycles. The van der Waals surface area contributed by atoms with Crippen molar-refractivity contribution in [3.63, 3.8) is 0 Å². The zero-order chi connectivity index (χ0) is 16.1. The molecule has 0 N–H and O–H groups in total. The Morgan fingerprint density at radius 1 is 1.29 bits per heavy atom. The van der Waals surface area contributed by atoms with Crippen LogP contribution in [-0.2, 0) is 21.5 Å². The molecule has 0 bridgehead atoms. The quantitative estimate of drug-likeness (QED) is 0.618. The highest BCUT2D eigenvalue weighted by Crippen LogP contribution is 2.39. The van der Waals surface area contributed by atoms with Gasteiger partial charge in [-0.05, 0) is 24.6 Å². The van der Waals surface area contributed by atoms with E-state index in [1.807, 2.05) is 0 Å². The Kier molecular flexibility index (Phi) is 3.61. The third-order valence-electron chi connectivity index (χ3n) is 2.72. The van der Waals surface area contributed by atoms with Crippen LogP contribution in [0.1, 0.15) is 25.0 Å². The van der Waals surface area contributed by atoms with Gasteiger partial charge in [-0.15, -0.1) is 0 Å². The van der Waals surface area contributed by atoms with Crippen LogP contribution in [0.3, 0.4) is 0 Å². The highest BCUT2D eigenvalue weighted by molar-refractivity contribution is 7.88. The van der Waals surface area contributed by atoms with E-state index >= 15 is 0 Å². The summed E-state index contributed by atoms with van der Waals surface area (Å²) in [7, 11) is -5.74. The number of benzene rings is 1. The predicted octanol–water partition coefficient (Wildman–Crippen LogP) is 2.87. The van der Waals surface area contributed by atoms with Crippen LogP contribution in [0.5, 0.6) is 11.5 Å². The predicted molar refractivity (Wildman–Crippen MR) is 66.3 cm³/mol. The molecule has 1 aliphatic heterocycles. The van der Waals surface area contributed by atoms with Gasteiger partial charge < -0.3 is 13.7 Å². The first-order chi connectivity index (χ1) is 9.41. The molecule has 0 fully saturated rings. The lowest BCUT2D eigenvalue weighted by atomic mass is 10.1. The van der Waals surface area contributed by atoms with E-state index < -0.39 is 27.2 Å². The summed E-state index contributed by atoms with van der Waals surface area (Å²) in [4.78, 5) is 0. The van der Waals surface area contributed by atoms with Crippen LogP contribution in [0.4, 0.5) is 13.2 Å². The lowest BCUT2D eigenvalue weighted by molar-refractivity contribution is -0.180. The second kappa shape index (κ2) is 4.77. The number of ether oxygens (including phenoxy) is 2. The Bertz CT molecular complexity index is 664. The van der Waals surface area contributed by atoms with Gasteiger partial charge in [0.1, 0.15) is 5.75 Å². The Balaban J connectivity index is 2.46. The molecule has 0 amide bonds. The molecule has 21 heavy (non-hydrogen) atoms. The molecule has 0 atom stereocenters. The number of rotatable bonds is 2. The van der Waals surface area contributed by atoms with Crippen molar-refractivity contribution < 1.29 is 35.2 Å². The van der Waals surface area contributed by atoms with Crippen molar-refractivity contribution >= 4 is 10.1 Å². The van der Waals surface area contributed by atoms with Gasteiger partial charge >= 0.3 is 15.6 Å². The van der Waals surface area contributed by atoms with E-state index in [0.717, 1.165) is 0 Å². The second-order valence-electron chi connectivity index (χ2n) is 5.01. The normalized spacial score (nSPS) is 17.8. The minimum Gasteiger partial charge on any atom is -0.462 e. The maximum atomic E-state index is 12.4. The standard InChI is InChI=1S/C12H13F3O5S/c1-7-4-9-8(6-18-11(2,3)19-9)10(5-7)20-21(16,17)12(13,14)15/h4-5H,6H2,1-3H3. The molecule has 118 valence electrons. The highest BCUT2D eigenvalue weighted by Gasteiger charge is 2.49. The van der Waals surface area contributed by atoms with Gasteiger partial charge in [0, 0.05) is 13.8 Å². The zero-order valence-corrected chi connectivity index (χ0v) is 12.3. The maximum absolute atomic E-state index is 12.4. The van der Waals surface area contributed by atoms with Gasteiger partial charge in [0.2, 0.25) is 5.79 Å².